The number of ether oxygens (including phenoxy) is 1. The van der Waals surface area contributed by atoms with E-state index in [1.54, 1.807) is 18.1 Å². The van der Waals surface area contributed by atoms with E-state index < -0.39 is 0 Å². The molecule has 0 radical (unpaired) electrons. The second-order valence-corrected chi connectivity index (χ2v) is 5.70. The Bertz CT molecular complexity index is 549. The summed E-state index contributed by atoms with van der Waals surface area (Å²) < 4.78 is 7.69. The van der Waals surface area contributed by atoms with Crippen LogP contribution in [0.15, 0.2) is 35.7 Å². The van der Waals surface area contributed by atoms with Gasteiger partial charge in [0.2, 0.25) is 0 Å². The zero-order valence-electron chi connectivity index (χ0n) is 11.0. The maximum Gasteiger partial charge on any atom is 0.195 e. The number of benzene rings is 1. The number of rotatable bonds is 4. The summed E-state index contributed by atoms with van der Waals surface area (Å²) in [4.78, 5) is 0. The van der Waals surface area contributed by atoms with Crippen LogP contribution in [0.5, 0.6) is 0 Å². The summed E-state index contributed by atoms with van der Waals surface area (Å²) in [5.41, 5.74) is 2.36. The number of para-hydroxylation sites is 1. The SMILES string of the molecule is Cc1ccccc1-n1cnnc1SC[C@H]1CCCO1. The minimum Gasteiger partial charge on any atom is -0.377 e. The van der Waals surface area contributed by atoms with Crippen molar-refractivity contribution in [2.24, 2.45) is 0 Å². The Morgan fingerprint density at radius 2 is 2.32 bits per heavy atom. The van der Waals surface area contributed by atoms with Gasteiger partial charge in [-0.25, -0.2) is 0 Å². The highest BCUT2D eigenvalue weighted by atomic mass is 32.2. The lowest BCUT2D eigenvalue weighted by molar-refractivity contribution is 0.129. The van der Waals surface area contributed by atoms with Crippen molar-refractivity contribution in [2.45, 2.75) is 31.0 Å². The van der Waals surface area contributed by atoms with Crippen LogP contribution in [-0.2, 0) is 4.74 Å². The molecule has 3 rings (SSSR count). The molecule has 0 bridgehead atoms. The molecule has 1 saturated heterocycles. The molecule has 1 aromatic heterocycles. The summed E-state index contributed by atoms with van der Waals surface area (Å²) in [6.45, 7) is 3.00. The molecule has 1 aliphatic heterocycles. The summed E-state index contributed by atoms with van der Waals surface area (Å²) in [6, 6.07) is 8.28. The Balaban J connectivity index is 1.76. The minimum atomic E-state index is 0.368. The zero-order chi connectivity index (χ0) is 13.1. The third-order valence-electron chi connectivity index (χ3n) is 3.31. The normalized spacial score (nSPS) is 18.9. The van der Waals surface area contributed by atoms with E-state index in [0.29, 0.717) is 6.10 Å². The molecule has 100 valence electrons. The van der Waals surface area contributed by atoms with Gasteiger partial charge in [0.05, 0.1) is 11.8 Å². The average molecular weight is 275 g/mol. The topological polar surface area (TPSA) is 39.9 Å². The van der Waals surface area contributed by atoms with Crippen LogP contribution in [0.2, 0.25) is 0 Å². The molecule has 1 aliphatic rings. The summed E-state index contributed by atoms with van der Waals surface area (Å²) in [6.07, 6.45) is 4.48. The monoisotopic (exact) mass is 275 g/mol. The third-order valence-corrected chi connectivity index (χ3v) is 4.39. The van der Waals surface area contributed by atoms with Crippen molar-refractivity contribution < 1.29 is 4.74 Å². The molecule has 0 unspecified atom stereocenters. The molecule has 4 nitrogen and oxygen atoms in total. The molecule has 0 aliphatic carbocycles. The van der Waals surface area contributed by atoms with Crippen LogP contribution in [0, 0.1) is 6.92 Å². The van der Waals surface area contributed by atoms with Crippen LogP contribution in [0.25, 0.3) is 5.69 Å². The van der Waals surface area contributed by atoms with E-state index in [0.717, 1.165) is 29.6 Å². The first-order chi connectivity index (χ1) is 9.34. The van der Waals surface area contributed by atoms with E-state index in [9.17, 15) is 0 Å². The van der Waals surface area contributed by atoms with Gasteiger partial charge in [-0.15, -0.1) is 10.2 Å². The first kappa shape index (κ1) is 12.7. The standard InChI is InChI=1S/C14H17N3OS/c1-11-5-2-3-7-13(11)17-10-15-16-14(17)19-9-12-6-4-8-18-12/h2-3,5,7,10,12H,4,6,8-9H2,1H3/t12-/m1/s1. The Kier molecular flexibility index (Phi) is 3.84. The lowest BCUT2D eigenvalue weighted by atomic mass is 10.2. The number of thioether (sulfide) groups is 1. The van der Waals surface area contributed by atoms with E-state index in [4.69, 9.17) is 4.74 Å². The van der Waals surface area contributed by atoms with Crippen LogP contribution in [0.3, 0.4) is 0 Å². The molecular formula is C14H17N3OS. The smallest absolute Gasteiger partial charge is 0.195 e. The van der Waals surface area contributed by atoms with E-state index in [2.05, 4.69) is 33.8 Å². The highest BCUT2D eigenvalue weighted by molar-refractivity contribution is 7.99. The zero-order valence-corrected chi connectivity index (χ0v) is 11.8. The third kappa shape index (κ3) is 2.82. The molecule has 2 heterocycles. The second kappa shape index (κ2) is 5.75. The average Bonchev–Trinajstić information content (AvgIpc) is 3.08. The Morgan fingerprint density at radius 3 is 3.11 bits per heavy atom. The Labute approximate surface area is 117 Å². The molecule has 2 aromatic rings. The molecule has 19 heavy (non-hydrogen) atoms. The molecule has 1 fully saturated rings. The fourth-order valence-corrected chi connectivity index (χ4v) is 3.25. The fourth-order valence-electron chi connectivity index (χ4n) is 2.27. The fraction of sp³-hybridized carbons (Fsp3) is 0.429. The number of hydrogen-bond acceptors (Lipinski definition) is 4. The molecule has 5 heteroatoms. The van der Waals surface area contributed by atoms with Crippen LogP contribution in [0.4, 0.5) is 0 Å². The largest absolute Gasteiger partial charge is 0.377 e. The van der Waals surface area contributed by atoms with Crippen molar-refractivity contribution in [3.05, 3.63) is 36.2 Å². The van der Waals surface area contributed by atoms with Crippen LogP contribution in [0.1, 0.15) is 18.4 Å². The summed E-state index contributed by atoms with van der Waals surface area (Å²) in [5.74, 6) is 0.949. The van der Waals surface area contributed by atoms with Crippen molar-refractivity contribution in [2.75, 3.05) is 12.4 Å². The van der Waals surface area contributed by atoms with Crippen molar-refractivity contribution in [3.63, 3.8) is 0 Å². The molecule has 1 atom stereocenters. The van der Waals surface area contributed by atoms with E-state index in [1.165, 1.54) is 12.0 Å². The number of aromatic nitrogens is 3. The molecule has 0 N–H and O–H groups in total. The number of aryl methyl sites for hydroxylation is 1. The van der Waals surface area contributed by atoms with E-state index >= 15 is 0 Å². The van der Waals surface area contributed by atoms with Crippen LogP contribution < -0.4 is 0 Å². The maximum absolute atomic E-state index is 5.64. The summed E-state index contributed by atoms with van der Waals surface area (Å²) >= 11 is 1.72. The quantitative estimate of drug-likeness (QED) is 0.804. The van der Waals surface area contributed by atoms with Crippen molar-refractivity contribution in [1.29, 1.82) is 0 Å². The molecule has 0 amide bonds. The van der Waals surface area contributed by atoms with Gasteiger partial charge in [0, 0.05) is 12.4 Å². The number of hydrogen-bond donors (Lipinski definition) is 0. The van der Waals surface area contributed by atoms with Gasteiger partial charge in [0.1, 0.15) is 6.33 Å². The second-order valence-electron chi connectivity index (χ2n) is 4.72. The Morgan fingerprint density at radius 1 is 1.42 bits per heavy atom. The molecular weight excluding hydrogens is 258 g/mol. The van der Waals surface area contributed by atoms with Gasteiger partial charge in [-0.05, 0) is 31.4 Å². The van der Waals surface area contributed by atoms with Crippen molar-refractivity contribution in [1.82, 2.24) is 14.8 Å². The van der Waals surface area contributed by atoms with Gasteiger partial charge in [-0.3, -0.25) is 4.57 Å². The summed E-state index contributed by atoms with van der Waals surface area (Å²) in [5, 5.41) is 9.19. The Hall–Kier alpha value is -1.33. The number of nitrogens with zero attached hydrogens (tertiary/aromatic N) is 3. The highest BCUT2D eigenvalue weighted by Crippen LogP contribution is 2.25. The van der Waals surface area contributed by atoms with Gasteiger partial charge >= 0.3 is 0 Å². The molecule has 0 spiro atoms. The first-order valence-electron chi connectivity index (χ1n) is 6.55. The maximum atomic E-state index is 5.64. The predicted molar refractivity (Wildman–Crippen MR) is 75.8 cm³/mol. The predicted octanol–water partition coefficient (Wildman–Crippen LogP) is 2.85. The lowest BCUT2D eigenvalue weighted by Crippen LogP contribution is -2.09. The molecule has 0 saturated carbocycles. The van der Waals surface area contributed by atoms with Crippen molar-refractivity contribution >= 4 is 11.8 Å². The van der Waals surface area contributed by atoms with Crippen LogP contribution in [-0.4, -0.2) is 33.2 Å². The van der Waals surface area contributed by atoms with Gasteiger partial charge in [-0.2, -0.15) is 0 Å². The minimum absolute atomic E-state index is 0.368. The van der Waals surface area contributed by atoms with Crippen LogP contribution >= 0.6 is 11.8 Å². The first-order valence-corrected chi connectivity index (χ1v) is 7.53. The molecule has 1 aromatic carbocycles. The lowest BCUT2D eigenvalue weighted by Gasteiger charge is -2.11. The summed E-state index contributed by atoms with van der Waals surface area (Å²) in [7, 11) is 0. The van der Waals surface area contributed by atoms with Gasteiger partial charge in [-0.1, -0.05) is 30.0 Å². The van der Waals surface area contributed by atoms with Gasteiger partial charge in [0.15, 0.2) is 5.16 Å². The van der Waals surface area contributed by atoms with E-state index in [1.807, 2.05) is 12.1 Å². The van der Waals surface area contributed by atoms with Gasteiger partial charge < -0.3 is 4.74 Å². The van der Waals surface area contributed by atoms with Crippen molar-refractivity contribution in [3.8, 4) is 5.69 Å². The van der Waals surface area contributed by atoms with Gasteiger partial charge in [0.25, 0.3) is 0 Å². The van der Waals surface area contributed by atoms with E-state index in [-0.39, 0.29) is 0 Å². The highest BCUT2D eigenvalue weighted by Gasteiger charge is 2.17.